The first kappa shape index (κ1) is 22.5. The van der Waals surface area contributed by atoms with Gasteiger partial charge in [-0.25, -0.2) is 4.39 Å². The van der Waals surface area contributed by atoms with E-state index in [4.69, 9.17) is 14.2 Å². The Bertz CT molecular complexity index is 1130. The Hall–Kier alpha value is -3.66. The third-order valence-corrected chi connectivity index (χ3v) is 5.57. The molecule has 1 fully saturated rings. The number of ether oxygens (including phenoxy) is 3. The van der Waals surface area contributed by atoms with Crippen LogP contribution in [0.15, 0.2) is 36.4 Å². The van der Waals surface area contributed by atoms with Crippen LogP contribution in [0.3, 0.4) is 0 Å². The number of aliphatic hydroxyl groups excluding tert-OH is 1. The highest BCUT2D eigenvalue weighted by atomic mass is 19.1. The zero-order valence-electron chi connectivity index (χ0n) is 18.6. The number of rotatable bonds is 7. The van der Waals surface area contributed by atoms with Gasteiger partial charge in [-0.3, -0.25) is 4.79 Å². The van der Waals surface area contributed by atoms with Gasteiger partial charge in [-0.15, -0.1) is 15.0 Å². The van der Waals surface area contributed by atoms with Crippen molar-refractivity contribution in [2.45, 2.75) is 18.9 Å². The highest BCUT2D eigenvalue weighted by Crippen LogP contribution is 2.39. The van der Waals surface area contributed by atoms with Crippen LogP contribution >= 0.6 is 0 Å². The van der Waals surface area contributed by atoms with E-state index in [0.717, 1.165) is 4.80 Å². The molecule has 4 rings (SSSR count). The molecular weight excluding hydrogens is 431 g/mol. The number of hydrogen-bond donors (Lipinski definition) is 1. The summed E-state index contributed by atoms with van der Waals surface area (Å²) < 4.78 is 30.5. The third kappa shape index (κ3) is 4.34. The molecular formula is C23H25FN4O5. The second kappa shape index (κ2) is 9.45. The number of halogens is 1. The predicted molar refractivity (Wildman–Crippen MR) is 118 cm³/mol. The lowest BCUT2D eigenvalue weighted by Crippen LogP contribution is -2.36. The first-order valence-electron chi connectivity index (χ1n) is 10.5. The summed E-state index contributed by atoms with van der Waals surface area (Å²) in [5, 5.41) is 18.7. The van der Waals surface area contributed by atoms with Crippen molar-refractivity contribution >= 4 is 11.6 Å². The van der Waals surface area contributed by atoms with Gasteiger partial charge in [-0.05, 0) is 37.1 Å². The molecule has 0 bridgehead atoms. The van der Waals surface area contributed by atoms with E-state index in [9.17, 15) is 14.3 Å². The predicted octanol–water partition coefficient (Wildman–Crippen LogP) is 2.62. The standard InChI is InChI=1S/C23H25FN4O5/c1-31-18-12-14(13-19(32-2)22(18)33-3)21(30)20-23(27-10-8-15(29)9-11-27)26-28(25-20)17-7-5-4-6-16(17)24/h4-7,12-13,15,29H,8-11H2,1-3H3. The number of aliphatic hydroxyl groups is 1. The van der Waals surface area contributed by atoms with Crippen molar-refractivity contribution in [3.05, 3.63) is 53.5 Å². The summed E-state index contributed by atoms with van der Waals surface area (Å²) in [6, 6.07) is 9.14. The van der Waals surface area contributed by atoms with Gasteiger partial charge < -0.3 is 24.2 Å². The number of para-hydroxylation sites is 1. The van der Waals surface area contributed by atoms with Crippen LogP contribution in [-0.4, -0.2) is 66.4 Å². The Balaban J connectivity index is 1.82. The fourth-order valence-corrected chi connectivity index (χ4v) is 3.81. The van der Waals surface area contributed by atoms with E-state index in [1.165, 1.54) is 45.6 Å². The molecule has 0 atom stereocenters. The molecule has 2 aromatic carbocycles. The molecule has 10 heteroatoms. The molecule has 2 heterocycles. The average molecular weight is 456 g/mol. The Labute approximate surface area is 190 Å². The molecule has 0 amide bonds. The maximum absolute atomic E-state index is 14.4. The largest absolute Gasteiger partial charge is 0.493 e. The van der Waals surface area contributed by atoms with E-state index in [1.807, 2.05) is 4.90 Å². The molecule has 3 aromatic rings. The normalized spacial score (nSPS) is 14.3. The summed E-state index contributed by atoms with van der Waals surface area (Å²) in [6.07, 6.45) is 0.659. The molecule has 1 aromatic heterocycles. The van der Waals surface area contributed by atoms with Crippen LogP contribution in [0.25, 0.3) is 5.69 Å². The maximum atomic E-state index is 14.4. The summed E-state index contributed by atoms with van der Waals surface area (Å²) in [5.41, 5.74) is 0.437. The Morgan fingerprint density at radius 2 is 1.67 bits per heavy atom. The van der Waals surface area contributed by atoms with E-state index in [-0.39, 0.29) is 16.9 Å². The first-order valence-corrected chi connectivity index (χ1v) is 10.5. The Kier molecular flexibility index (Phi) is 6.45. The third-order valence-electron chi connectivity index (χ3n) is 5.57. The van der Waals surface area contributed by atoms with Crippen LogP contribution in [0.5, 0.6) is 17.2 Å². The number of piperidine rings is 1. The maximum Gasteiger partial charge on any atom is 0.217 e. The van der Waals surface area contributed by atoms with Crippen molar-refractivity contribution in [2.24, 2.45) is 0 Å². The number of nitrogens with zero attached hydrogens (tertiary/aromatic N) is 4. The molecule has 0 aliphatic carbocycles. The van der Waals surface area contributed by atoms with Crippen LogP contribution in [0.2, 0.25) is 0 Å². The average Bonchev–Trinajstić information content (AvgIpc) is 3.28. The Morgan fingerprint density at radius 3 is 2.24 bits per heavy atom. The van der Waals surface area contributed by atoms with Crippen LogP contribution in [-0.2, 0) is 0 Å². The van der Waals surface area contributed by atoms with Crippen LogP contribution in [0.1, 0.15) is 28.9 Å². The van der Waals surface area contributed by atoms with Crippen LogP contribution < -0.4 is 19.1 Å². The van der Waals surface area contributed by atoms with Gasteiger partial charge in [0, 0.05) is 18.7 Å². The first-order chi connectivity index (χ1) is 16.0. The summed E-state index contributed by atoms with van der Waals surface area (Å²) in [4.78, 5) is 16.6. The molecule has 1 aliphatic heterocycles. The summed E-state index contributed by atoms with van der Waals surface area (Å²) >= 11 is 0. The number of ketones is 1. The molecule has 1 saturated heterocycles. The van der Waals surface area contributed by atoms with Gasteiger partial charge in [0.05, 0.1) is 27.4 Å². The highest BCUT2D eigenvalue weighted by Gasteiger charge is 2.29. The quantitative estimate of drug-likeness (QED) is 0.542. The minimum atomic E-state index is -0.514. The van der Waals surface area contributed by atoms with Crippen molar-refractivity contribution in [3.63, 3.8) is 0 Å². The van der Waals surface area contributed by atoms with E-state index in [2.05, 4.69) is 10.2 Å². The second-order valence-electron chi connectivity index (χ2n) is 7.57. The lowest BCUT2D eigenvalue weighted by molar-refractivity contribution is 0.103. The number of carbonyl (C=O) groups is 1. The molecule has 1 aliphatic rings. The SMILES string of the molecule is COc1cc(C(=O)c2nn(-c3ccccc3F)nc2N2CCC(O)CC2)cc(OC)c1OC. The van der Waals surface area contributed by atoms with Gasteiger partial charge >= 0.3 is 0 Å². The molecule has 0 unspecified atom stereocenters. The van der Waals surface area contributed by atoms with Crippen LogP contribution in [0.4, 0.5) is 10.2 Å². The van der Waals surface area contributed by atoms with Gasteiger partial charge in [-0.2, -0.15) is 0 Å². The Morgan fingerprint density at radius 1 is 1.03 bits per heavy atom. The van der Waals surface area contributed by atoms with Crippen molar-refractivity contribution in [1.82, 2.24) is 15.0 Å². The topological polar surface area (TPSA) is 98.9 Å². The van der Waals surface area contributed by atoms with Gasteiger partial charge in [0.2, 0.25) is 11.5 Å². The van der Waals surface area contributed by atoms with Gasteiger partial charge in [0.1, 0.15) is 5.69 Å². The van der Waals surface area contributed by atoms with E-state index < -0.39 is 17.7 Å². The zero-order valence-corrected chi connectivity index (χ0v) is 18.6. The van der Waals surface area contributed by atoms with Crippen molar-refractivity contribution < 1.29 is 28.5 Å². The molecule has 9 nitrogen and oxygen atoms in total. The van der Waals surface area contributed by atoms with Crippen molar-refractivity contribution in [3.8, 4) is 22.9 Å². The molecule has 0 saturated carbocycles. The highest BCUT2D eigenvalue weighted by molar-refractivity contribution is 6.11. The number of anilines is 1. The lowest BCUT2D eigenvalue weighted by atomic mass is 10.0. The van der Waals surface area contributed by atoms with E-state index in [1.54, 1.807) is 12.1 Å². The van der Waals surface area contributed by atoms with Crippen LogP contribution in [0, 0.1) is 5.82 Å². The summed E-state index contributed by atoms with van der Waals surface area (Å²) in [6.45, 7) is 0.985. The molecule has 0 spiro atoms. The molecule has 0 radical (unpaired) electrons. The fraction of sp³-hybridized carbons (Fsp3) is 0.348. The minimum absolute atomic E-state index is 0.0592. The summed E-state index contributed by atoms with van der Waals surface area (Å²) in [5.74, 6) is 0.382. The monoisotopic (exact) mass is 456 g/mol. The smallest absolute Gasteiger partial charge is 0.217 e. The van der Waals surface area contributed by atoms with Gasteiger partial charge in [0.25, 0.3) is 0 Å². The summed E-state index contributed by atoms with van der Waals surface area (Å²) in [7, 11) is 4.40. The number of hydrogen-bond acceptors (Lipinski definition) is 8. The van der Waals surface area contributed by atoms with Gasteiger partial charge in [0.15, 0.2) is 28.8 Å². The van der Waals surface area contributed by atoms with Crippen molar-refractivity contribution in [2.75, 3.05) is 39.3 Å². The molecule has 1 N–H and O–H groups in total. The van der Waals surface area contributed by atoms with Crippen molar-refractivity contribution in [1.29, 1.82) is 0 Å². The number of aromatic nitrogens is 3. The second-order valence-corrected chi connectivity index (χ2v) is 7.57. The van der Waals surface area contributed by atoms with E-state index in [0.29, 0.717) is 49.0 Å². The molecule has 174 valence electrons. The molecule has 33 heavy (non-hydrogen) atoms. The lowest BCUT2D eigenvalue weighted by Gasteiger charge is -2.29. The zero-order chi connectivity index (χ0) is 23.5. The van der Waals surface area contributed by atoms with E-state index >= 15 is 0 Å². The number of methoxy groups -OCH3 is 3. The fourth-order valence-electron chi connectivity index (χ4n) is 3.81. The number of benzene rings is 2. The van der Waals surface area contributed by atoms with Gasteiger partial charge in [-0.1, -0.05) is 12.1 Å². The number of carbonyl (C=O) groups excluding carboxylic acids is 1. The minimum Gasteiger partial charge on any atom is -0.493 e.